The molecule has 2 aromatic carbocycles. The lowest BCUT2D eigenvalue weighted by Crippen LogP contribution is -2.12. The number of rotatable bonds is 3. The van der Waals surface area contributed by atoms with Gasteiger partial charge in [-0.25, -0.2) is 0 Å². The highest BCUT2D eigenvalue weighted by atomic mass is 79.9. The van der Waals surface area contributed by atoms with Crippen molar-refractivity contribution >= 4 is 43.5 Å². The summed E-state index contributed by atoms with van der Waals surface area (Å²) in [6.45, 7) is 0. The van der Waals surface area contributed by atoms with Crippen LogP contribution in [0.25, 0.3) is 11.3 Å². The summed E-state index contributed by atoms with van der Waals surface area (Å²) in [6, 6.07) is 16.7. The van der Waals surface area contributed by atoms with E-state index in [0.717, 1.165) is 14.5 Å². The minimum absolute atomic E-state index is 0.228. The fourth-order valence-corrected chi connectivity index (χ4v) is 2.61. The monoisotopic (exact) mass is 420 g/mol. The Balaban J connectivity index is 1.81. The number of aromatic nitrogens is 1. The predicted molar refractivity (Wildman–Crippen MR) is 91.7 cm³/mol. The minimum atomic E-state index is -0.329. The van der Waals surface area contributed by atoms with Crippen LogP contribution in [0, 0.1) is 0 Å². The van der Waals surface area contributed by atoms with Gasteiger partial charge in [0.05, 0.1) is 5.69 Å². The van der Waals surface area contributed by atoms with Crippen molar-refractivity contribution in [1.82, 2.24) is 5.16 Å². The highest BCUT2D eigenvalue weighted by molar-refractivity contribution is 9.11. The van der Waals surface area contributed by atoms with E-state index < -0.39 is 0 Å². The molecule has 0 atom stereocenters. The maximum Gasteiger partial charge on any atom is 0.277 e. The molecule has 1 aromatic heterocycles. The number of benzene rings is 2. The average Bonchev–Trinajstić information content (AvgIpc) is 3.02. The van der Waals surface area contributed by atoms with Crippen molar-refractivity contribution in [2.75, 3.05) is 5.32 Å². The zero-order valence-corrected chi connectivity index (χ0v) is 14.4. The van der Waals surface area contributed by atoms with Crippen LogP contribution in [0.3, 0.4) is 0 Å². The number of carbonyl (C=O) groups is 1. The smallest absolute Gasteiger partial charge is 0.277 e. The molecule has 0 aliphatic heterocycles. The molecule has 6 heteroatoms. The molecule has 0 aliphatic rings. The first-order chi connectivity index (χ1) is 10.6. The Morgan fingerprint density at radius 2 is 1.82 bits per heavy atom. The van der Waals surface area contributed by atoms with Gasteiger partial charge in [-0.3, -0.25) is 4.79 Å². The Kier molecular flexibility index (Phi) is 4.40. The number of nitrogens with zero attached hydrogens (tertiary/aromatic N) is 1. The van der Waals surface area contributed by atoms with E-state index in [4.69, 9.17) is 4.52 Å². The van der Waals surface area contributed by atoms with E-state index in [0.29, 0.717) is 11.4 Å². The first-order valence-electron chi connectivity index (χ1n) is 6.42. The largest absolute Gasteiger partial charge is 0.355 e. The van der Waals surface area contributed by atoms with Crippen molar-refractivity contribution in [1.29, 1.82) is 0 Å². The minimum Gasteiger partial charge on any atom is -0.355 e. The van der Waals surface area contributed by atoms with Crippen LogP contribution in [0.2, 0.25) is 0 Å². The summed E-state index contributed by atoms with van der Waals surface area (Å²) in [5.74, 6) is 0.226. The summed E-state index contributed by atoms with van der Waals surface area (Å²) >= 11 is 6.76. The quantitative estimate of drug-likeness (QED) is 0.638. The topological polar surface area (TPSA) is 55.1 Å². The molecule has 3 rings (SSSR count). The van der Waals surface area contributed by atoms with Crippen LogP contribution >= 0.6 is 31.9 Å². The Hall–Kier alpha value is -1.92. The molecule has 0 bridgehead atoms. The third kappa shape index (κ3) is 3.28. The van der Waals surface area contributed by atoms with Crippen molar-refractivity contribution in [3.05, 3.63) is 69.2 Å². The lowest BCUT2D eigenvalue weighted by molar-refractivity contribution is 0.101. The third-order valence-corrected chi connectivity index (χ3v) is 4.16. The molecule has 0 unspecified atom stereocenters. The summed E-state index contributed by atoms with van der Waals surface area (Å²) < 4.78 is 6.89. The number of nitrogens with one attached hydrogen (secondary N) is 1. The second-order valence-electron chi connectivity index (χ2n) is 4.52. The molecule has 0 saturated carbocycles. The lowest BCUT2D eigenvalue weighted by Gasteiger charge is -2.05. The van der Waals surface area contributed by atoms with Gasteiger partial charge < -0.3 is 9.84 Å². The lowest BCUT2D eigenvalue weighted by atomic mass is 10.1. The van der Waals surface area contributed by atoms with Crippen molar-refractivity contribution in [3.8, 4) is 11.3 Å². The van der Waals surface area contributed by atoms with Crippen LogP contribution in [0.5, 0.6) is 0 Å². The van der Waals surface area contributed by atoms with Gasteiger partial charge in [0.15, 0.2) is 11.5 Å². The summed E-state index contributed by atoms with van der Waals surface area (Å²) in [5, 5.41) is 6.62. The molecular formula is C16H10Br2N2O2. The SMILES string of the molecule is O=C(Nc1cc(Br)ccc1Br)c1cc(-c2ccccc2)on1. The van der Waals surface area contributed by atoms with Crippen LogP contribution in [-0.4, -0.2) is 11.1 Å². The van der Waals surface area contributed by atoms with Crippen molar-refractivity contribution in [2.45, 2.75) is 0 Å². The predicted octanol–water partition coefficient (Wildman–Crippen LogP) is 5.12. The molecule has 0 saturated heterocycles. The van der Waals surface area contributed by atoms with Gasteiger partial charge in [0, 0.05) is 20.6 Å². The summed E-state index contributed by atoms with van der Waals surface area (Å²) in [5.41, 5.74) is 1.76. The van der Waals surface area contributed by atoms with E-state index >= 15 is 0 Å². The third-order valence-electron chi connectivity index (χ3n) is 2.98. The number of hydrogen-bond donors (Lipinski definition) is 1. The fourth-order valence-electron chi connectivity index (χ4n) is 1.90. The Bertz CT molecular complexity index is 816. The van der Waals surface area contributed by atoms with Crippen LogP contribution in [-0.2, 0) is 0 Å². The highest BCUT2D eigenvalue weighted by Gasteiger charge is 2.15. The maximum absolute atomic E-state index is 12.3. The molecule has 3 aromatic rings. The van der Waals surface area contributed by atoms with E-state index in [2.05, 4.69) is 42.3 Å². The summed E-state index contributed by atoms with van der Waals surface area (Å²) in [7, 11) is 0. The Labute approximate surface area is 143 Å². The van der Waals surface area contributed by atoms with Gasteiger partial charge in [0.2, 0.25) is 0 Å². The summed E-state index contributed by atoms with van der Waals surface area (Å²) in [4.78, 5) is 12.3. The molecule has 0 fully saturated rings. The maximum atomic E-state index is 12.3. The van der Waals surface area contributed by atoms with Gasteiger partial charge >= 0.3 is 0 Å². The molecule has 1 N–H and O–H groups in total. The van der Waals surface area contributed by atoms with Crippen LogP contribution < -0.4 is 5.32 Å². The van der Waals surface area contributed by atoms with E-state index in [9.17, 15) is 4.79 Å². The van der Waals surface area contributed by atoms with Crippen molar-refractivity contribution in [3.63, 3.8) is 0 Å². The first kappa shape index (κ1) is 15.0. The van der Waals surface area contributed by atoms with Gasteiger partial charge in [0.1, 0.15) is 0 Å². The van der Waals surface area contributed by atoms with E-state index in [-0.39, 0.29) is 11.6 Å². The van der Waals surface area contributed by atoms with Crippen LogP contribution in [0.4, 0.5) is 5.69 Å². The Morgan fingerprint density at radius 3 is 2.59 bits per heavy atom. The molecule has 110 valence electrons. The van der Waals surface area contributed by atoms with Crippen molar-refractivity contribution in [2.24, 2.45) is 0 Å². The first-order valence-corrected chi connectivity index (χ1v) is 8.00. The van der Waals surface area contributed by atoms with E-state index in [1.54, 1.807) is 12.1 Å². The molecule has 0 spiro atoms. The molecule has 1 heterocycles. The molecule has 0 radical (unpaired) electrons. The second-order valence-corrected chi connectivity index (χ2v) is 6.29. The van der Waals surface area contributed by atoms with Gasteiger partial charge in [-0.1, -0.05) is 51.4 Å². The summed E-state index contributed by atoms with van der Waals surface area (Å²) in [6.07, 6.45) is 0. The number of carbonyl (C=O) groups excluding carboxylic acids is 1. The number of amides is 1. The molecule has 22 heavy (non-hydrogen) atoms. The van der Waals surface area contributed by atoms with E-state index in [1.165, 1.54) is 0 Å². The van der Waals surface area contributed by atoms with E-state index in [1.807, 2.05) is 42.5 Å². The van der Waals surface area contributed by atoms with Crippen LogP contribution in [0.15, 0.2) is 68.1 Å². The number of hydrogen-bond acceptors (Lipinski definition) is 3. The number of anilines is 1. The molecule has 1 amide bonds. The van der Waals surface area contributed by atoms with Gasteiger partial charge in [-0.2, -0.15) is 0 Å². The van der Waals surface area contributed by atoms with Gasteiger partial charge in [-0.15, -0.1) is 0 Å². The number of halogens is 2. The van der Waals surface area contributed by atoms with Crippen LogP contribution in [0.1, 0.15) is 10.5 Å². The molecule has 4 nitrogen and oxygen atoms in total. The standard InChI is InChI=1S/C16H10Br2N2O2/c17-11-6-7-12(18)13(8-11)19-16(21)14-9-15(22-20-14)10-4-2-1-3-5-10/h1-9H,(H,19,21). The fraction of sp³-hybridized carbons (Fsp3) is 0. The van der Waals surface area contributed by atoms with Gasteiger partial charge in [-0.05, 0) is 34.1 Å². The zero-order chi connectivity index (χ0) is 15.5. The molecular weight excluding hydrogens is 412 g/mol. The Morgan fingerprint density at radius 1 is 1.05 bits per heavy atom. The normalized spacial score (nSPS) is 10.5. The second kappa shape index (κ2) is 6.46. The average molecular weight is 422 g/mol. The zero-order valence-electron chi connectivity index (χ0n) is 11.2. The van der Waals surface area contributed by atoms with Crippen molar-refractivity contribution < 1.29 is 9.32 Å². The highest BCUT2D eigenvalue weighted by Crippen LogP contribution is 2.27. The molecule has 0 aliphatic carbocycles. The van der Waals surface area contributed by atoms with Gasteiger partial charge in [0.25, 0.3) is 5.91 Å².